The van der Waals surface area contributed by atoms with Gasteiger partial charge in [-0.25, -0.2) is 0 Å². The Morgan fingerprint density at radius 3 is 2.00 bits per heavy atom. The van der Waals surface area contributed by atoms with Crippen LogP contribution in [0.2, 0.25) is 0 Å². The highest BCUT2D eigenvalue weighted by Gasteiger charge is 2.42. The summed E-state index contributed by atoms with van der Waals surface area (Å²) in [6.07, 6.45) is 11.3. The fraction of sp³-hybridized carbons (Fsp3) is 0.714. The second kappa shape index (κ2) is 7.17. The van der Waals surface area contributed by atoms with E-state index in [4.69, 9.17) is 0 Å². The number of nitrogens with zero attached hydrogens (tertiary/aromatic N) is 1. The largest absolute Gasteiger partial charge is 0.300 e. The molecule has 3 atom stereocenters. The molecule has 2 bridgehead atoms. The molecular formula is C21H33N. The lowest BCUT2D eigenvalue weighted by Gasteiger charge is -2.37. The summed E-state index contributed by atoms with van der Waals surface area (Å²) in [5, 5.41) is 0. The van der Waals surface area contributed by atoms with E-state index in [0.29, 0.717) is 0 Å². The summed E-state index contributed by atoms with van der Waals surface area (Å²) < 4.78 is 0. The summed E-state index contributed by atoms with van der Waals surface area (Å²) in [6.45, 7) is 4.00. The Morgan fingerprint density at radius 2 is 1.50 bits per heavy atom. The lowest BCUT2D eigenvalue weighted by Crippen LogP contribution is -2.43. The first kappa shape index (κ1) is 16.1. The molecule has 1 nitrogen and oxygen atoms in total. The zero-order valence-corrected chi connectivity index (χ0v) is 14.7. The molecule has 22 heavy (non-hydrogen) atoms. The number of aryl methyl sites for hydroxylation is 2. The van der Waals surface area contributed by atoms with Gasteiger partial charge >= 0.3 is 0 Å². The molecule has 1 aromatic carbocycles. The van der Waals surface area contributed by atoms with Gasteiger partial charge in [-0.1, -0.05) is 44.5 Å². The van der Waals surface area contributed by atoms with Gasteiger partial charge in [0.1, 0.15) is 0 Å². The first-order chi connectivity index (χ1) is 10.8. The Balaban J connectivity index is 0.000000693. The normalized spacial score (nSPS) is 30.6. The third-order valence-electron chi connectivity index (χ3n) is 6.41. The van der Waals surface area contributed by atoms with Crippen LogP contribution in [0.25, 0.3) is 0 Å². The molecular weight excluding hydrogens is 266 g/mol. The number of rotatable bonds is 2. The van der Waals surface area contributed by atoms with Gasteiger partial charge in [-0.15, -0.1) is 0 Å². The van der Waals surface area contributed by atoms with E-state index < -0.39 is 0 Å². The van der Waals surface area contributed by atoms with E-state index in [1.807, 2.05) is 13.8 Å². The maximum Gasteiger partial charge on any atom is 0.0126 e. The monoisotopic (exact) mass is 299 g/mol. The van der Waals surface area contributed by atoms with Crippen LogP contribution in [0.3, 0.4) is 0 Å². The predicted octanol–water partition coefficient (Wildman–Crippen LogP) is 5.08. The van der Waals surface area contributed by atoms with Crippen molar-refractivity contribution in [3.05, 3.63) is 35.4 Å². The Bertz CT molecular complexity index is 454. The van der Waals surface area contributed by atoms with Crippen molar-refractivity contribution in [3.8, 4) is 0 Å². The molecule has 0 spiro atoms. The smallest absolute Gasteiger partial charge is 0.0126 e. The van der Waals surface area contributed by atoms with Crippen LogP contribution in [-0.4, -0.2) is 24.0 Å². The number of hydrogen-bond acceptors (Lipinski definition) is 1. The van der Waals surface area contributed by atoms with Gasteiger partial charge in [-0.3, -0.25) is 0 Å². The first-order valence-corrected chi connectivity index (χ1v) is 9.60. The highest BCUT2D eigenvalue weighted by atomic mass is 15.2. The van der Waals surface area contributed by atoms with Gasteiger partial charge in [0.2, 0.25) is 0 Å². The van der Waals surface area contributed by atoms with E-state index in [0.717, 1.165) is 23.9 Å². The molecule has 4 rings (SSSR count). The van der Waals surface area contributed by atoms with E-state index in [9.17, 15) is 0 Å². The molecule has 0 radical (unpaired) electrons. The number of benzene rings is 1. The van der Waals surface area contributed by atoms with Crippen molar-refractivity contribution < 1.29 is 0 Å². The van der Waals surface area contributed by atoms with Gasteiger partial charge in [-0.05, 0) is 75.0 Å². The van der Waals surface area contributed by atoms with E-state index in [1.165, 1.54) is 51.4 Å². The molecule has 1 aromatic rings. The minimum absolute atomic E-state index is 0.812. The van der Waals surface area contributed by atoms with Gasteiger partial charge in [0.25, 0.3) is 0 Å². The van der Waals surface area contributed by atoms with Crippen molar-refractivity contribution in [3.63, 3.8) is 0 Å². The fourth-order valence-corrected chi connectivity index (χ4v) is 5.22. The van der Waals surface area contributed by atoms with Crippen LogP contribution in [0.1, 0.15) is 63.5 Å². The quantitative estimate of drug-likeness (QED) is 0.688. The summed E-state index contributed by atoms with van der Waals surface area (Å²) in [5.41, 5.74) is 3.22. The van der Waals surface area contributed by atoms with Crippen LogP contribution in [0, 0.1) is 11.8 Å². The molecule has 0 aliphatic heterocycles. The van der Waals surface area contributed by atoms with E-state index in [2.05, 4.69) is 36.2 Å². The summed E-state index contributed by atoms with van der Waals surface area (Å²) >= 11 is 0. The second-order valence-corrected chi connectivity index (χ2v) is 7.41. The Labute approximate surface area is 137 Å². The molecule has 0 heterocycles. The van der Waals surface area contributed by atoms with Crippen molar-refractivity contribution >= 4 is 0 Å². The molecule has 2 fully saturated rings. The third kappa shape index (κ3) is 3.11. The molecule has 3 unspecified atom stereocenters. The summed E-state index contributed by atoms with van der Waals surface area (Å²) in [6, 6.07) is 10.8. The molecule has 0 N–H and O–H groups in total. The molecule has 2 saturated carbocycles. The lowest BCUT2D eigenvalue weighted by molar-refractivity contribution is 0.115. The topological polar surface area (TPSA) is 3.24 Å². The van der Waals surface area contributed by atoms with Gasteiger partial charge < -0.3 is 4.90 Å². The van der Waals surface area contributed by atoms with Crippen LogP contribution in [0.4, 0.5) is 0 Å². The molecule has 3 aliphatic rings. The fourth-order valence-electron chi connectivity index (χ4n) is 5.22. The van der Waals surface area contributed by atoms with Gasteiger partial charge in [-0.2, -0.15) is 0 Å². The average Bonchev–Trinajstić information content (AvgIpc) is 3.14. The molecule has 0 aromatic heterocycles. The Morgan fingerprint density at radius 1 is 0.864 bits per heavy atom. The lowest BCUT2D eigenvalue weighted by atomic mass is 9.92. The molecule has 3 aliphatic carbocycles. The van der Waals surface area contributed by atoms with Crippen molar-refractivity contribution in [2.75, 3.05) is 7.05 Å². The van der Waals surface area contributed by atoms with Crippen molar-refractivity contribution in [1.82, 2.24) is 4.90 Å². The minimum atomic E-state index is 0.812. The molecule has 0 saturated heterocycles. The first-order valence-electron chi connectivity index (χ1n) is 9.60. The number of fused-ring (bicyclic) bond motifs is 3. The zero-order chi connectivity index (χ0) is 15.5. The third-order valence-corrected chi connectivity index (χ3v) is 6.41. The van der Waals surface area contributed by atoms with Crippen molar-refractivity contribution in [2.45, 2.75) is 77.3 Å². The highest BCUT2D eigenvalue weighted by molar-refractivity contribution is 5.28. The Kier molecular flexibility index (Phi) is 5.23. The zero-order valence-electron chi connectivity index (χ0n) is 14.7. The second-order valence-electron chi connectivity index (χ2n) is 7.41. The van der Waals surface area contributed by atoms with Crippen LogP contribution in [0.15, 0.2) is 24.3 Å². The summed E-state index contributed by atoms with van der Waals surface area (Å²) in [5.74, 6) is 2.09. The maximum atomic E-state index is 2.79. The summed E-state index contributed by atoms with van der Waals surface area (Å²) in [7, 11) is 2.42. The van der Waals surface area contributed by atoms with Gasteiger partial charge in [0.15, 0.2) is 0 Å². The SMILES string of the molecule is CC.CN(C1CCc2ccccc2CC1)C1CC2CCC1C2. The molecule has 1 heteroatoms. The van der Waals surface area contributed by atoms with Crippen molar-refractivity contribution in [2.24, 2.45) is 11.8 Å². The highest BCUT2D eigenvalue weighted by Crippen LogP contribution is 2.47. The summed E-state index contributed by atoms with van der Waals surface area (Å²) in [4.78, 5) is 2.79. The predicted molar refractivity (Wildman–Crippen MR) is 95.2 cm³/mol. The van der Waals surface area contributed by atoms with E-state index in [-0.39, 0.29) is 0 Å². The number of hydrogen-bond donors (Lipinski definition) is 0. The molecule has 0 amide bonds. The minimum Gasteiger partial charge on any atom is -0.300 e. The van der Waals surface area contributed by atoms with Gasteiger partial charge in [0.05, 0.1) is 0 Å². The van der Waals surface area contributed by atoms with E-state index in [1.54, 1.807) is 11.1 Å². The van der Waals surface area contributed by atoms with Crippen LogP contribution < -0.4 is 0 Å². The Hall–Kier alpha value is -0.820. The van der Waals surface area contributed by atoms with E-state index >= 15 is 0 Å². The van der Waals surface area contributed by atoms with Crippen LogP contribution in [-0.2, 0) is 12.8 Å². The maximum absolute atomic E-state index is 2.79. The van der Waals surface area contributed by atoms with Crippen LogP contribution in [0.5, 0.6) is 0 Å². The van der Waals surface area contributed by atoms with Gasteiger partial charge in [0, 0.05) is 12.1 Å². The van der Waals surface area contributed by atoms with Crippen LogP contribution >= 0.6 is 0 Å². The molecule has 122 valence electrons. The van der Waals surface area contributed by atoms with Crippen molar-refractivity contribution in [1.29, 1.82) is 0 Å². The average molecular weight is 300 g/mol. The standard InChI is InChI=1S/C19H27N.C2H6/c1-20(19-13-14-6-7-17(19)12-14)18-10-8-15-4-2-3-5-16(15)9-11-18;1-2/h2-5,14,17-19H,6-13H2,1H3;1-2H3.